The monoisotopic (exact) mass is 406 g/mol. The van der Waals surface area contributed by atoms with E-state index in [-0.39, 0.29) is 4.90 Å². The van der Waals surface area contributed by atoms with Crippen LogP contribution in [0.1, 0.15) is 23.6 Å². The Morgan fingerprint density at radius 3 is 2.14 bits per heavy atom. The average molecular weight is 407 g/mol. The highest BCUT2D eigenvalue weighted by molar-refractivity contribution is 7.92. The van der Waals surface area contributed by atoms with Gasteiger partial charge in [0.15, 0.2) is 0 Å². The first-order valence-corrected chi connectivity index (χ1v) is 10.9. The van der Waals surface area contributed by atoms with Crippen LogP contribution in [0.4, 0.5) is 5.69 Å². The van der Waals surface area contributed by atoms with Gasteiger partial charge in [-0.3, -0.25) is 4.72 Å². The maximum Gasteiger partial charge on any atom is 0.261 e. The zero-order valence-electron chi connectivity index (χ0n) is 16.5. The fourth-order valence-electron chi connectivity index (χ4n) is 3.08. The van der Waals surface area contributed by atoms with Crippen molar-refractivity contribution in [2.45, 2.75) is 32.1 Å². The topological polar surface area (TPSA) is 76.9 Å². The van der Waals surface area contributed by atoms with Gasteiger partial charge in [-0.1, -0.05) is 36.8 Å². The number of anilines is 1. The van der Waals surface area contributed by atoms with Crippen LogP contribution < -0.4 is 4.72 Å². The number of hydrogen-bond acceptors (Lipinski definition) is 4. The van der Waals surface area contributed by atoms with E-state index in [2.05, 4.69) is 34.0 Å². The first-order chi connectivity index (χ1) is 13.9. The highest BCUT2D eigenvalue weighted by atomic mass is 32.2. The highest BCUT2D eigenvalue weighted by Crippen LogP contribution is 2.25. The van der Waals surface area contributed by atoms with Crippen LogP contribution in [0.5, 0.6) is 0 Å². The number of benzene rings is 3. The molecule has 7 heteroatoms. The molecule has 148 valence electrons. The fourth-order valence-corrected chi connectivity index (χ4v) is 4.20. The Balaban J connectivity index is 1.68. The summed E-state index contributed by atoms with van der Waals surface area (Å²) < 4.78 is 28.1. The van der Waals surface area contributed by atoms with Crippen LogP contribution >= 0.6 is 0 Å². The molecule has 0 amide bonds. The Labute approximate surface area is 170 Å². The summed E-state index contributed by atoms with van der Waals surface area (Å²) in [6, 6.07) is 18.4. The van der Waals surface area contributed by atoms with Gasteiger partial charge >= 0.3 is 0 Å². The Morgan fingerprint density at radius 2 is 1.52 bits per heavy atom. The number of nitrogens with zero attached hydrogens (tertiary/aromatic N) is 3. The van der Waals surface area contributed by atoms with Crippen molar-refractivity contribution < 1.29 is 8.42 Å². The summed E-state index contributed by atoms with van der Waals surface area (Å²) in [5, 5.41) is 9.06. The van der Waals surface area contributed by atoms with Crippen molar-refractivity contribution >= 4 is 26.7 Å². The highest BCUT2D eigenvalue weighted by Gasteiger charge is 2.17. The van der Waals surface area contributed by atoms with Crippen LogP contribution in [0.25, 0.3) is 16.7 Å². The number of fused-ring (bicyclic) bond motifs is 1. The molecule has 1 heterocycles. The SMILES string of the molecule is CCc1ccc(-n2nc3cc(C)c(NS(=O)(=O)c4ccc(C)cc4)cc3n2)cc1. The third-order valence-corrected chi connectivity index (χ3v) is 6.26. The quantitative estimate of drug-likeness (QED) is 0.533. The molecule has 6 nitrogen and oxygen atoms in total. The lowest BCUT2D eigenvalue weighted by atomic mass is 10.2. The molecule has 4 aromatic rings. The Kier molecular flexibility index (Phi) is 4.84. The van der Waals surface area contributed by atoms with Crippen LogP contribution in [0, 0.1) is 13.8 Å². The van der Waals surface area contributed by atoms with E-state index in [4.69, 9.17) is 0 Å². The van der Waals surface area contributed by atoms with Gasteiger partial charge in [0.1, 0.15) is 11.0 Å². The van der Waals surface area contributed by atoms with Crippen LogP contribution in [-0.2, 0) is 16.4 Å². The van der Waals surface area contributed by atoms with Gasteiger partial charge in [0.25, 0.3) is 10.0 Å². The largest absolute Gasteiger partial charge is 0.279 e. The van der Waals surface area contributed by atoms with Gasteiger partial charge < -0.3 is 0 Å². The minimum atomic E-state index is -3.68. The van der Waals surface area contributed by atoms with Crippen molar-refractivity contribution in [3.05, 3.63) is 77.4 Å². The first kappa shape index (κ1) is 19.1. The minimum absolute atomic E-state index is 0.224. The van der Waals surface area contributed by atoms with Crippen LogP contribution in [0.2, 0.25) is 0 Å². The van der Waals surface area contributed by atoms with Crippen molar-refractivity contribution in [2.24, 2.45) is 0 Å². The molecule has 0 aliphatic carbocycles. The molecular formula is C22H22N4O2S. The third-order valence-electron chi connectivity index (χ3n) is 4.88. The molecule has 0 bridgehead atoms. The third kappa shape index (κ3) is 3.86. The molecule has 1 aromatic heterocycles. The molecule has 0 aliphatic rings. The lowest BCUT2D eigenvalue weighted by Gasteiger charge is -2.10. The summed E-state index contributed by atoms with van der Waals surface area (Å²) in [6.07, 6.45) is 0.971. The smallest absolute Gasteiger partial charge is 0.261 e. The summed E-state index contributed by atoms with van der Waals surface area (Å²) >= 11 is 0. The average Bonchev–Trinajstić information content (AvgIpc) is 3.11. The van der Waals surface area contributed by atoms with E-state index in [1.54, 1.807) is 35.1 Å². The van der Waals surface area contributed by atoms with E-state index < -0.39 is 10.0 Å². The van der Waals surface area contributed by atoms with E-state index in [0.717, 1.165) is 23.2 Å². The van der Waals surface area contributed by atoms with Gasteiger partial charge in [-0.2, -0.15) is 4.80 Å². The number of hydrogen-bond donors (Lipinski definition) is 1. The zero-order valence-corrected chi connectivity index (χ0v) is 17.4. The molecule has 0 saturated carbocycles. The van der Waals surface area contributed by atoms with E-state index in [0.29, 0.717) is 16.7 Å². The zero-order chi connectivity index (χ0) is 20.6. The maximum absolute atomic E-state index is 12.7. The van der Waals surface area contributed by atoms with E-state index in [9.17, 15) is 8.42 Å². The number of aromatic nitrogens is 3. The van der Waals surface area contributed by atoms with Gasteiger partial charge in [0.05, 0.1) is 16.3 Å². The summed E-state index contributed by atoms with van der Waals surface area (Å²) in [5.74, 6) is 0. The molecule has 0 aliphatic heterocycles. The first-order valence-electron chi connectivity index (χ1n) is 9.42. The van der Waals surface area contributed by atoms with Crippen molar-refractivity contribution in [1.82, 2.24) is 15.0 Å². The van der Waals surface area contributed by atoms with Crippen LogP contribution in [0.3, 0.4) is 0 Å². The Hall–Kier alpha value is -3.19. The molecule has 0 saturated heterocycles. The predicted molar refractivity (Wildman–Crippen MR) is 115 cm³/mol. The van der Waals surface area contributed by atoms with Crippen LogP contribution in [-0.4, -0.2) is 23.4 Å². The minimum Gasteiger partial charge on any atom is -0.279 e. The van der Waals surface area contributed by atoms with Crippen molar-refractivity contribution in [3.63, 3.8) is 0 Å². The second-order valence-corrected chi connectivity index (χ2v) is 8.77. The number of sulfonamides is 1. The summed E-state index contributed by atoms with van der Waals surface area (Å²) in [6.45, 7) is 5.87. The number of nitrogens with one attached hydrogen (secondary N) is 1. The van der Waals surface area contributed by atoms with E-state index in [1.807, 2.05) is 32.0 Å². The lowest BCUT2D eigenvalue weighted by Crippen LogP contribution is -2.13. The Morgan fingerprint density at radius 1 is 0.897 bits per heavy atom. The summed E-state index contributed by atoms with van der Waals surface area (Å²) in [5.41, 5.74) is 5.71. The molecule has 3 aromatic carbocycles. The molecule has 0 atom stereocenters. The maximum atomic E-state index is 12.7. The standard InChI is InChI=1S/C22H22N4O2S/c1-4-17-7-9-18(10-8-17)26-23-21-13-16(3)20(14-22(21)24-26)25-29(27,28)19-11-5-15(2)6-12-19/h5-14,25H,4H2,1-3H3. The molecule has 0 fully saturated rings. The summed E-state index contributed by atoms with van der Waals surface area (Å²) in [4.78, 5) is 1.80. The lowest BCUT2D eigenvalue weighted by molar-refractivity contribution is 0.601. The normalized spacial score (nSPS) is 11.7. The van der Waals surface area contributed by atoms with Crippen molar-refractivity contribution in [3.8, 4) is 5.69 Å². The van der Waals surface area contributed by atoms with Crippen LogP contribution in [0.15, 0.2) is 65.6 Å². The molecule has 1 N–H and O–H groups in total. The molecule has 29 heavy (non-hydrogen) atoms. The predicted octanol–water partition coefficient (Wildman–Crippen LogP) is 4.40. The molecule has 4 rings (SSSR count). The summed E-state index contributed by atoms with van der Waals surface area (Å²) in [7, 11) is -3.68. The molecule has 0 radical (unpaired) electrons. The van der Waals surface area contributed by atoms with Gasteiger partial charge in [-0.15, -0.1) is 10.2 Å². The second-order valence-electron chi connectivity index (χ2n) is 7.08. The molecule has 0 spiro atoms. The van der Waals surface area contributed by atoms with Gasteiger partial charge in [-0.05, 0) is 67.8 Å². The van der Waals surface area contributed by atoms with Crippen molar-refractivity contribution in [1.29, 1.82) is 0 Å². The van der Waals surface area contributed by atoms with Gasteiger partial charge in [0.2, 0.25) is 0 Å². The number of aryl methyl sites for hydroxylation is 3. The fraction of sp³-hybridized carbons (Fsp3) is 0.182. The molecule has 0 unspecified atom stereocenters. The van der Waals surface area contributed by atoms with E-state index in [1.165, 1.54) is 5.56 Å². The van der Waals surface area contributed by atoms with Gasteiger partial charge in [-0.25, -0.2) is 8.42 Å². The van der Waals surface area contributed by atoms with Crippen molar-refractivity contribution in [2.75, 3.05) is 4.72 Å². The van der Waals surface area contributed by atoms with E-state index >= 15 is 0 Å². The number of rotatable bonds is 5. The molecular weight excluding hydrogens is 384 g/mol. The second kappa shape index (κ2) is 7.33. The Bertz CT molecular complexity index is 1280. The van der Waals surface area contributed by atoms with Gasteiger partial charge in [0, 0.05) is 0 Å².